The van der Waals surface area contributed by atoms with Gasteiger partial charge in [-0.3, -0.25) is 0 Å². The molecule has 0 aliphatic carbocycles. The molecule has 0 fully saturated rings. The zero-order valence-electron chi connectivity index (χ0n) is 14.7. The normalized spacial score (nSPS) is 22.9. The van der Waals surface area contributed by atoms with E-state index in [0.717, 1.165) is 5.56 Å². The number of rotatable bonds is 2. The van der Waals surface area contributed by atoms with Gasteiger partial charge in [-0.15, -0.1) is 0 Å². The Morgan fingerprint density at radius 1 is 1.07 bits per heavy atom. The minimum Gasteiger partial charge on any atom is -0.423 e. The lowest BCUT2D eigenvalue weighted by molar-refractivity contribution is -0.130. The van der Waals surface area contributed by atoms with Gasteiger partial charge in [-0.2, -0.15) is 4.39 Å². The van der Waals surface area contributed by atoms with Crippen molar-refractivity contribution >= 4 is 64.7 Å². The van der Waals surface area contributed by atoms with Crippen molar-refractivity contribution in [2.24, 2.45) is 5.16 Å². The molecule has 28 heavy (non-hydrogen) atoms. The van der Waals surface area contributed by atoms with Crippen LogP contribution < -0.4 is 5.46 Å². The molecule has 4 rings (SSSR count). The lowest BCUT2D eigenvalue weighted by Crippen LogP contribution is -2.28. The van der Waals surface area contributed by atoms with Gasteiger partial charge >= 0.3 is 13.0 Å². The van der Waals surface area contributed by atoms with E-state index in [9.17, 15) is 5.02 Å². The van der Waals surface area contributed by atoms with E-state index in [0.29, 0.717) is 16.7 Å². The Morgan fingerprint density at radius 2 is 1.79 bits per heavy atom. The first-order valence-corrected chi connectivity index (χ1v) is 9.83. The van der Waals surface area contributed by atoms with Gasteiger partial charge in [0.05, 0.1) is 43.4 Å². The molecule has 0 radical (unpaired) electrons. The first-order valence-electron chi connectivity index (χ1n) is 8.31. The van der Waals surface area contributed by atoms with E-state index < -0.39 is 18.6 Å². The fourth-order valence-corrected chi connectivity index (χ4v) is 4.37. The van der Waals surface area contributed by atoms with Gasteiger partial charge in [-0.1, -0.05) is 63.7 Å². The number of nitrogens with zero attached hydrogens (tertiary/aromatic N) is 1. The van der Waals surface area contributed by atoms with Crippen LogP contribution in [0.1, 0.15) is 37.0 Å². The molecule has 2 aromatic rings. The van der Waals surface area contributed by atoms with Gasteiger partial charge in [-0.25, -0.2) is 0 Å². The Kier molecular flexibility index (Phi) is 4.89. The van der Waals surface area contributed by atoms with Crippen LogP contribution in [0.2, 0.25) is 20.1 Å². The predicted molar refractivity (Wildman–Crippen MR) is 110 cm³/mol. The molecule has 0 spiro atoms. The summed E-state index contributed by atoms with van der Waals surface area (Å²) in [7, 11) is -1.00. The Hall–Kier alpha value is -1.02. The molecule has 1 atom stereocenters. The SMILES string of the molecule is CC1(C)OB(O)c2ccc(C3=NOC(F)(c4cc(Cl)c(Cl)c(Cl)c4Cl)C3)cc21. The molecular formula is C18H13BCl4FNO3. The first kappa shape index (κ1) is 20.3. The summed E-state index contributed by atoms with van der Waals surface area (Å²) < 4.78 is 21.1. The molecule has 2 aliphatic rings. The van der Waals surface area contributed by atoms with E-state index in [1.54, 1.807) is 12.1 Å². The standard InChI is InChI=1S/C18H13BCl4FNO3/c1-17(2)9-5-8(3-4-11(9)19(26)27-17)13-7-18(24,28-25-13)10-6-12(20)15(22)16(23)14(10)21/h3-6,26H,7H2,1-2H3. The van der Waals surface area contributed by atoms with Crippen molar-refractivity contribution in [1.82, 2.24) is 0 Å². The van der Waals surface area contributed by atoms with Gasteiger partial charge in [0, 0.05) is 0 Å². The van der Waals surface area contributed by atoms with Crippen molar-refractivity contribution in [3.63, 3.8) is 0 Å². The third-order valence-electron chi connectivity index (χ3n) is 4.91. The molecule has 2 aliphatic heterocycles. The van der Waals surface area contributed by atoms with Crippen LogP contribution in [0, 0.1) is 0 Å². The molecule has 0 bridgehead atoms. The second-order valence-electron chi connectivity index (χ2n) is 7.16. The largest absolute Gasteiger partial charge is 0.492 e. The highest BCUT2D eigenvalue weighted by molar-refractivity contribution is 6.62. The molecule has 0 saturated carbocycles. The van der Waals surface area contributed by atoms with Gasteiger partial charge in [0.2, 0.25) is 0 Å². The third kappa shape index (κ3) is 3.11. The van der Waals surface area contributed by atoms with Crippen LogP contribution in [0.3, 0.4) is 0 Å². The number of hydrogen-bond donors (Lipinski definition) is 1. The highest BCUT2D eigenvalue weighted by Crippen LogP contribution is 2.47. The number of oxime groups is 1. The van der Waals surface area contributed by atoms with Gasteiger partial charge in [0.15, 0.2) is 0 Å². The van der Waals surface area contributed by atoms with Crippen LogP contribution in [-0.4, -0.2) is 17.9 Å². The van der Waals surface area contributed by atoms with E-state index in [2.05, 4.69) is 5.16 Å². The second-order valence-corrected chi connectivity index (χ2v) is 8.71. The molecule has 1 N–H and O–H groups in total. The van der Waals surface area contributed by atoms with Crippen LogP contribution in [-0.2, 0) is 20.9 Å². The topological polar surface area (TPSA) is 51.0 Å². The highest BCUT2D eigenvalue weighted by atomic mass is 35.5. The maximum atomic E-state index is 15.6. The smallest absolute Gasteiger partial charge is 0.423 e. The van der Waals surface area contributed by atoms with E-state index in [1.165, 1.54) is 6.07 Å². The van der Waals surface area contributed by atoms with Gasteiger partial charge in [0.25, 0.3) is 0 Å². The van der Waals surface area contributed by atoms with E-state index in [4.69, 9.17) is 55.9 Å². The van der Waals surface area contributed by atoms with E-state index in [1.807, 2.05) is 19.9 Å². The summed E-state index contributed by atoms with van der Waals surface area (Å²) in [6.07, 6.45) is -0.205. The van der Waals surface area contributed by atoms with Gasteiger partial charge < -0.3 is 14.5 Å². The van der Waals surface area contributed by atoms with Crippen LogP contribution >= 0.6 is 46.4 Å². The molecule has 1 unspecified atom stereocenters. The molecule has 0 aromatic heterocycles. The quantitative estimate of drug-likeness (QED) is 0.379. The summed E-state index contributed by atoms with van der Waals surface area (Å²) >= 11 is 24.2. The van der Waals surface area contributed by atoms with Crippen molar-refractivity contribution in [2.75, 3.05) is 0 Å². The average molecular weight is 463 g/mol. The molecule has 4 nitrogen and oxygen atoms in total. The van der Waals surface area contributed by atoms with Crippen molar-refractivity contribution in [3.05, 3.63) is 61.0 Å². The highest BCUT2D eigenvalue weighted by Gasteiger charge is 2.45. The molecule has 2 aromatic carbocycles. The van der Waals surface area contributed by atoms with Crippen LogP contribution in [0.15, 0.2) is 29.4 Å². The number of fused-ring (bicyclic) bond motifs is 1. The number of benzene rings is 2. The maximum Gasteiger partial charge on any atom is 0.492 e. The van der Waals surface area contributed by atoms with Crippen LogP contribution in [0.5, 0.6) is 0 Å². The first-order chi connectivity index (χ1) is 13.0. The van der Waals surface area contributed by atoms with Gasteiger partial charge in [0.1, 0.15) is 0 Å². The Bertz CT molecular complexity index is 1030. The summed E-state index contributed by atoms with van der Waals surface area (Å²) in [5, 5.41) is 13.9. The zero-order valence-corrected chi connectivity index (χ0v) is 17.7. The van der Waals surface area contributed by atoms with Crippen molar-refractivity contribution in [2.45, 2.75) is 31.7 Å². The van der Waals surface area contributed by atoms with Gasteiger partial charge in [-0.05, 0) is 42.6 Å². The minimum absolute atomic E-state index is 0.0410. The Morgan fingerprint density at radius 3 is 2.50 bits per heavy atom. The maximum absolute atomic E-state index is 15.6. The average Bonchev–Trinajstić information content (AvgIpc) is 3.14. The number of alkyl halides is 1. The molecule has 146 valence electrons. The predicted octanol–water partition coefficient (Wildman–Crippen LogP) is 5.20. The molecular weight excluding hydrogens is 450 g/mol. The fraction of sp³-hybridized carbons (Fsp3) is 0.278. The van der Waals surface area contributed by atoms with Crippen molar-refractivity contribution in [3.8, 4) is 0 Å². The summed E-state index contributed by atoms with van der Waals surface area (Å²) in [6.45, 7) is 3.69. The summed E-state index contributed by atoms with van der Waals surface area (Å²) in [4.78, 5) is 5.11. The van der Waals surface area contributed by atoms with Crippen molar-refractivity contribution < 1.29 is 18.9 Å². The minimum atomic E-state index is -2.34. The monoisotopic (exact) mass is 461 g/mol. The lowest BCUT2D eigenvalue weighted by atomic mass is 9.77. The van der Waals surface area contributed by atoms with Crippen LogP contribution in [0.25, 0.3) is 0 Å². The van der Waals surface area contributed by atoms with Crippen molar-refractivity contribution in [1.29, 1.82) is 0 Å². The third-order valence-corrected chi connectivity index (χ3v) is 6.66. The molecule has 10 heteroatoms. The van der Waals surface area contributed by atoms with E-state index in [-0.39, 0.29) is 32.1 Å². The Balaban J connectivity index is 1.69. The molecule has 0 amide bonds. The Labute approximate surface area is 181 Å². The zero-order chi connectivity index (χ0) is 20.4. The second kappa shape index (κ2) is 6.76. The summed E-state index contributed by atoms with van der Waals surface area (Å²) in [5.74, 6) is -2.34. The summed E-state index contributed by atoms with van der Waals surface area (Å²) in [6, 6.07) is 6.55. The molecule has 2 heterocycles. The lowest BCUT2D eigenvalue weighted by Gasteiger charge is -2.21. The fourth-order valence-electron chi connectivity index (χ4n) is 3.43. The summed E-state index contributed by atoms with van der Waals surface area (Å²) in [5.41, 5.74) is 1.75. The number of hydrogen-bond acceptors (Lipinski definition) is 4. The van der Waals surface area contributed by atoms with E-state index >= 15 is 4.39 Å². The van der Waals surface area contributed by atoms with Crippen LogP contribution in [0.4, 0.5) is 4.39 Å². The number of halogens is 5. The molecule has 0 saturated heterocycles.